The molecule has 4 heterocycles. The second-order valence-corrected chi connectivity index (χ2v) is 13.2. The number of nitrogens with zero attached hydrogens (tertiary/aromatic N) is 9. The zero-order valence-corrected chi connectivity index (χ0v) is 27.1. The van der Waals surface area contributed by atoms with Crippen LogP contribution in [0.15, 0.2) is 29.2 Å². The number of nitrogens with two attached hydrogens (primary N) is 2. The Bertz CT molecular complexity index is 1480. The van der Waals surface area contributed by atoms with Gasteiger partial charge < -0.3 is 30.5 Å². The minimum absolute atomic E-state index is 0.0907. The number of aromatic nitrogens is 3. The smallest absolute Gasteiger partial charge is 0.280 e. The molecule has 4 N–H and O–H groups in total. The number of aryl methyl sites for hydroxylation is 1. The van der Waals surface area contributed by atoms with Crippen LogP contribution in [0.4, 0.5) is 21.8 Å². The van der Waals surface area contributed by atoms with Gasteiger partial charge in [-0.05, 0) is 55.1 Å². The maximum absolute atomic E-state index is 13.9. The molecule has 12 nitrogen and oxygen atoms in total. The van der Waals surface area contributed by atoms with Crippen LogP contribution < -0.4 is 30.5 Å². The normalized spacial score (nSPS) is 15.0. The molecule has 2 aliphatic heterocycles. The first kappa shape index (κ1) is 31.3. The molecule has 3 aromatic rings. The van der Waals surface area contributed by atoms with Crippen molar-refractivity contribution in [3.8, 4) is 6.07 Å². The number of amides is 1. The zero-order chi connectivity index (χ0) is 30.5. The molecule has 0 aliphatic carbocycles. The van der Waals surface area contributed by atoms with E-state index in [1.54, 1.807) is 30.0 Å². The van der Waals surface area contributed by atoms with E-state index in [-0.39, 0.29) is 5.91 Å². The summed E-state index contributed by atoms with van der Waals surface area (Å²) >= 11 is 4.78. The van der Waals surface area contributed by atoms with Gasteiger partial charge in [-0.15, -0.1) is 0 Å². The van der Waals surface area contributed by atoms with Crippen LogP contribution in [-0.2, 0) is 6.42 Å². The molecule has 1 saturated heterocycles. The molecule has 0 unspecified atom stereocenters. The number of nitriles is 1. The summed E-state index contributed by atoms with van der Waals surface area (Å²) in [5.41, 5.74) is 15.4. The van der Waals surface area contributed by atoms with E-state index in [9.17, 15) is 10.1 Å². The average Bonchev–Trinajstić information content (AvgIpc) is 3.65. The standard InChI is InChI=1S/C28H37N11OS3/c1-19-16-21(18-31)33-27(32-19)36-12-14-38(15-13-36)43-22-4-5-23-20(17-22)6-9-39(23)25(40)24-26(35(2)41-3)42-28(34-24)37(10-7-29)11-8-30/h4-5,16-17H,6-15,29-30H2,1-3H3. The van der Waals surface area contributed by atoms with Crippen molar-refractivity contribution < 1.29 is 4.79 Å². The lowest BCUT2D eigenvalue weighted by molar-refractivity contribution is 0.0986. The second kappa shape index (κ2) is 14.1. The minimum atomic E-state index is -0.0907. The van der Waals surface area contributed by atoms with Gasteiger partial charge in [-0.1, -0.05) is 23.3 Å². The summed E-state index contributed by atoms with van der Waals surface area (Å²) in [6, 6.07) is 10.2. The van der Waals surface area contributed by atoms with Crippen LogP contribution >= 0.6 is 35.2 Å². The molecule has 0 atom stereocenters. The van der Waals surface area contributed by atoms with Crippen LogP contribution in [0.2, 0.25) is 0 Å². The molecule has 5 rings (SSSR count). The van der Waals surface area contributed by atoms with E-state index in [1.165, 1.54) is 11.3 Å². The summed E-state index contributed by atoms with van der Waals surface area (Å²) in [4.78, 5) is 34.9. The number of hydrogen-bond donors (Lipinski definition) is 2. The monoisotopic (exact) mass is 639 g/mol. The molecule has 2 aliphatic rings. The molecular formula is C28H37N11OS3. The van der Waals surface area contributed by atoms with Gasteiger partial charge in [0.2, 0.25) is 5.95 Å². The molecule has 43 heavy (non-hydrogen) atoms. The first-order chi connectivity index (χ1) is 20.8. The lowest BCUT2D eigenvalue weighted by Crippen LogP contribution is -2.44. The summed E-state index contributed by atoms with van der Waals surface area (Å²) in [6.45, 7) is 7.98. The highest BCUT2D eigenvalue weighted by molar-refractivity contribution is 8.00. The first-order valence-corrected chi connectivity index (χ1v) is 16.9. The van der Waals surface area contributed by atoms with Gasteiger partial charge in [0.25, 0.3) is 5.91 Å². The van der Waals surface area contributed by atoms with Crippen molar-refractivity contribution in [2.24, 2.45) is 11.5 Å². The third-order valence-electron chi connectivity index (χ3n) is 7.33. The van der Waals surface area contributed by atoms with Gasteiger partial charge >= 0.3 is 0 Å². The number of carbonyl (C=O) groups excluding carboxylic acids is 1. The molecule has 0 bridgehead atoms. The Balaban J connectivity index is 1.27. The maximum Gasteiger partial charge on any atom is 0.280 e. The van der Waals surface area contributed by atoms with E-state index in [0.29, 0.717) is 50.1 Å². The Kier molecular flexibility index (Phi) is 10.3. The number of thiazole rings is 1. The molecule has 228 valence electrons. The summed E-state index contributed by atoms with van der Waals surface area (Å²) < 4.78 is 4.33. The number of piperazine rings is 1. The largest absolute Gasteiger partial charge is 0.345 e. The molecular weight excluding hydrogens is 603 g/mol. The van der Waals surface area contributed by atoms with Crippen LogP contribution in [0.5, 0.6) is 0 Å². The van der Waals surface area contributed by atoms with E-state index in [4.69, 9.17) is 16.5 Å². The van der Waals surface area contributed by atoms with Gasteiger partial charge in [-0.3, -0.25) is 4.79 Å². The van der Waals surface area contributed by atoms with Crippen LogP contribution in [0.1, 0.15) is 27.4 Å². The zero-order valence-electron chi connectivity index (χ0n) is 24.7. The lowest BCUT2D eigenvalue weighted by Gasteiger charge is -2.34. The van der Waals surface area contributed by atoms with Gasteiger partial charge in [0.1, 0.15) is 16.8 Å². The van der Waals surface area contributed by atoms with Crippen molar-refractivity contribution in [1.29, 1.82) is 5.26 Å². The Morgan fingerprint density at radius 2 is 1.84 bits per heavy atom. The van der Waals surface area contributed by atoms with Crippen molar-refractivity contribution in [1.82, 2.24) is 19.3 Å². The Morgan fingerprint density at radius 1 is 1.09 bits per heavy atom. The molecule has 1 fully saturated rings. The van der Waals surface area contributed by atoms with Crippen LogP contribution in [0, 0.1) is 18.3 Å². The molecule has 0 radical (unpaired) electrons. The third kappa shape index (κ3) is 7.00. The molecule has 0 saturated carbocycles. The number of fused-ring (bicyclic) bond motifs is 1. The third-order valence-corrected chi connectivity index (χ3v) is 10.5. The quantitative estimate of drug-likeness (QED) is 0.297. The predicted octanol–water partition coefficient (Wildman–Crippen LogP) is 2.58. The van der Waals surface area contributed by atoms with E-state index >= 15 is 0 Å². The van der Waals surface area contributed by atoms with E-state index < -0.39 is 0 Å². The number of hydrogen-bond acceptors (Lipinski definition) is 14. The highest BCUT2D eigenvalue weighted by Crippen LogP contribution is 2.39. The first-order valence-electron chi connectivity index (χ1n) is 14.2. The van der Waals surface area contributed by atoms with E-state index in [2.05, 4.69) is 48.3 Å². The van der Waals surface area contributed by atoms with Gasteiger partial charge in [0, 0.05) is 88.5 Å². The molecule has 15 heteroatoms. The molecule has 2 aromatic heterocycles. The van der Waals surface area contributed by atoms with Crippen molar-refractivity contribution >= 4 is 62.9 Å². The van der Waals surface area contributed by atoms with Crippen LogP contribution in [-0.4, -0.2) is 97.4 Å². The van der Waals surface area contributed by atoms with Gasteiger partial charge in [0.15, 0.2) is 10.8 Å². The topological polar surface area (TPSA) is 148 Å². The fourth-order valence-electron chi connectivity index (χ4n) is 5.14. The van der Waals surface area contributed by atoms with Crippen molar-refractivity contribution in [2.75, 3.05) is 91.2 Å². The Labute approximate surface area is 265 Å². The Hall–Kier alpha value is -3.13. The van der Waals surface area contributed by atoms with Crippen LogP contribution in [0.25, 0.3) is 0 Å². The predicted molar refractivity (Wildman–Crippen MR) is 177 cm³/mol. The lowest BCUT2D eigenvalue weighted by atomic mass is 10.2. The number of benzene rings is 1. The second-order valence-electron chi connectivity index (χ2n) is 10.2. The summed E-state index contributed by atoms with van der Waals surface area (Å²) in [6.07, 6.45) is 2.78. The fraction of sp³-hybridized carbons (Fsp3) is 0.464. The highest BCUT2D eigenvalue weighted by atomic mass is 32.2. The van der Waals surface area contributed by atoms with Crippen LogP contribution in [0.3, 0.4) is 0 Å². The molecule has 1 amide bonds. The Morgan fingerprint density at radius 3 is 2.51 bits per heavy atom. The fourth-order valence-corrected chi connectivity index (χ4v) is 7.68. The van der Waals surface area contributed by atoms with Crippen molar-refractivity contribution in [2.45, 2.75) is 18.2 Å². The molecule has 1 aromatic carbocycles. The van der Waals surface area contributed by atoms with E-state index in [0.717, 1.165) is 64.6 Å². The summed E-state index contributed by atoms with van der Waals surface area (Å²) in [7, 11) is 1.95. The number of rotatable bonds is 11. The van der Waals surface area contributed by atoms with Gasteiger partial charge in [0.05, 0.1) is 0 Å². The van der Waals surface area contributed by atoms with Crippen molar-refractivity contribution in [3.63, 3.8) is 0 Å². The number of carbonyl (C=O) groups is 1. The van der Waals surface area contributed by atoms with E-state index in [1.807, 2.05) is 29.4 Å². The van der Waals surface area contributed by atoms with Crippen molar-refractivity contribution in [3.05, 3.63) is 46.9 Å². The summed E-state index contributed by atoms with van der Waals surface area (Å²) in [5.74, 6) is 0.529. The molecule has 0 spiro atoms. The average molecular weight is 640 g/mol. The number of anilines is 4. The van der Waals surface area contributed by atoms with Gasteiger partial charge in [-0.2, -0.15) is 5.26 Å². The minimum Gasteiger partial charge on any atom is -0.345 e. The SMILES string of the molecule is CSN(C)c1sc(N(CCN)CCN)nc1C(=O)N1CCc2cc(SN3CCN(c4nc(C)cc(C#N)n4)CC3)ccc21. The summed E-state index contributed by atoms with van der Waals surface area (Å²) in [5, 5.41) is 10.8. The highest BCUT2D eigenvalue weighted by Gasteiger charge is 2.32. The van der Waals surface area contributed by atoms with Gasteiger partial charge in [-0.25, -0.2) is 19.3 Å². The maximum atomic E-state index is 13.9.